The van der Waals surface area contributed by atoms with E-state index in [1.165, 1.54) is 28.7 Å². The van der Waals surface area contributed by atoms with Gasteiger partial charge in [0.15, 0.2) is 0 Å². The third-order valence-corrected chi connectivity index (χ3v) is 6.89. The number of rotatable bonds is 3. The molecule has 3 heterocycles. The number of carbonyl (C=O) groups excluding carboxylic acids is 1. The van der Waals surface area contributed by atoms with E-state index in [1.54, 1.807) is 29.5 Å². The molecule has 1 aliphatic carbocycles. The van der Waals surface area contributed by atoms with Gasteiger partial charge in [0.1, 0.15) is 5.82 Å². The Kier molecular flexibility index (Phi) is 3.92. The Morgan fingerprint density at radius 1 is 1.30 bits per heavy atom. The number of anilines is 1. The molecular weight excluding hydrogens is 383 g/mol. The molecule has 1 amide bonds. The SMILES string of the molecule is Cc1sc(C2CC2)cc1N1CCc2[nH]c(-c3c(F)cccc3Cl)cc2C1=O. The molecule has 2 aliphatic rings. The lowest BCUT2D eigenvalue weighted by Gasteiger charge is -2.26. The second-order valence-corrected chi connectivity index (χ2v) is 8.94. The van der Waals surface area contributed by atoms with Gasteiger partial charge in [-0.1, -0.05) is 17.7 Å². The zero-order valence-corrected chi connectivity index (χ0v) is 16.4. The molecule has 1 aromatic carbocycles. The molecule has 2 aromatic heterocycles. The summed E-state index contributed by atoms with van der Waals surface area (Å²) in [6, 6.07) is 8.53. The fourth-order valence-electron chi connectivity index (χ4n) is 3.81. The average Bonchev–Trinajstić information content (AvgIpc) is 3.28. The minimum absolute atomic E-state index is 0.0329. The van der Waals surface area contributed by atoms with E-state index in [2.05, 4.69) is 18.0 Å². The van der Waals surface area contributed by atoms with Crippen LogP contribution in [0.2, 0.25) is 5.02 Å². The van der Waals surface area contributed by atoms with Crippen molar-refractivity contribution in [3.8, 4) is 11.3 Å². The first kappa shape index (κ1) is 17.0. The summed E-state index contributed by atoms with van der Waals surface area (Å²) in [5.74, 6) is 0.252. The maximum Gasteiger partial charge on any atom is 0.260 e. The highest BCUT2D eigenvalue weighted by Crippen LogP contribution is 2.46. The quantitative estimate of drug-likeness (QED) is 0.581. The van der Waals surface area contributed by atoms with E-state index in [-0.39, 0.29) is 5.91 Å². The molecule has 5 rings (SSSR count). The predicted molar refractivity (Wildman–Crippen MR) is 108 cm³/mol. The van der Waals surface area contributed by atoms with Gasteiger partial charge in [-0.15, -0.1) is 11.3 Å². The number of nitrogens with one attached hydrogen (secondary N) is 1. The third-order valence-electron chi connectivity index (χ3n) is 5.37. The minimum atomic E-state index is -0.395. The predicted octanol–water partition coefficient (Wildman–Crippen LogP) is 5.92. The van der Waals surface area contributed by atoms with Gasteiger partial charge in [0.25, 0.3) is 5.91 Å². The van der Waals surface area contributed by atoms with Gasteiger partial charge in [0.05, 0.1) is 27.5 Å². The second-order valence-electron chi connectivity index (χ2n) is 7.24. The number of aromatic nitrogens is 1. The number of carbonyl (C=O) groups is 1. The molecule has 0 saturated heterocycles. The largest absolute Gasteiger partial charge is 0.358 e. The van der Waals surface area contributed by atoms with E-state index >= 15 is 0 Å². The molecule has 0 bridgehead atoms. The van der Waals surface area contributed by atoms with Gasteiger partial charge in [-0.05, 0) is 49.9 Å². The summed E-state index contributed by atoms with van der Waals surface area (Å²) in [5.41, 5.74) is 3.34. The summed E-state index contributed by atoms with van der Waals surface area (Å²) in [6.45, 7) is 2.70. The summed E-state index contributed by atoms with van der Waals surface area (Å²) in [4.78, 5) is 20.8. The monoisotopic (exact) mass is 400 g/mol. The van der Waals surface area contributed by atoms with Crippen molar-refractivity contribution in [1.82, 2.24) is 4.98 Å². The molecule has 1 aliphatic heterocycles. The van der Waals surface area contributed by atoms with Crippen LogP contribution in [0.4, 0.5) is 10.1 Å². The van der Waals surface area contributed by atoms with Crippen molar-refractivity contribution in [1.29, 1.82) is 0 Å². The first-order valence-corrected chi connectivity index (χ1v) is 10.3. The zero-order chi connectivity index (χ0) is 18.7. The van der Waals surface area contributed by atoms with Crippen LogP contribution in [-0.2, 0) is 6.42 Å². The standard InChI is InChI=1S/C21H18ClFN2OS/c1-11-18(10-19(27-11)12-5-6-12)25-8-7-16-13(21(25)26)9-17(24-16)20-14(22)3-2-4-15(20)23/h2-4,9-10,12,24H,5-8H2,1H3. The van der Waals surface area contributed by atoms with Crippen LogP contribution < -0.4 is 4.90 Å². The molecule has 1 N–H and O–H groups in total. The van der Waals surface area contributed by atoms with Crippen LogP contribution in [0, 0.1) is 12.7 Å². The summed E-state index contributed by atoms with van der Waals surface area (Å²) in [7, 11) is 0. The third kappa shape index (κ3) is 2.80. The number of fused-ring (bicyclic) bond motifs is 1. The van der Waals surface area contributed by atoms with Gasteiger partial charge in [-0.3, -0.25) is 4.79 Å². The van der Waals surface area contributed by atoms with Crippen molar-refractivity contribution in [3.63, 3.8) is 0 Å². The Balaban J connectivity index is 1.52. The fourth-order valence-corrected chi connectivity index (χ4v) is 5.27. The van der Waals surface area contributed by atoms with Crippen molar-refractivity contribution in [2.75, 3.05) is 11.4 Å². The van der Waals surface area contributed by atoms with Crippen LogP contribution in [0.25, 0.3) is 11.3 Å². The first-order valence-electron chi connectivity index (χ1n) is 9.11. The van der Waals surface area contributed by atoms with Gasteiger partial charge in [0, 0.05) is 28.4 Å². The zero-order valence-electron chi connectivity index (χ0n) is 14.8. The number of H-pyrrole nitrogens is 1. The summed E-state index contributed by atoms with van der Waals surface area (Å²) in [6.07, 6.45) is 3.21. The maximum absolute atomic E-state index is 14.3. The normalized spacial score (nSPS) is 16.7. The second kappa shape index (κ2) is 6.21. The number of amides is 1. The Morgan fingerprint density at radius 3 is 2.85 bits per heavy atom. The first-order chi connectivity index (χ1) is 13.0. The smallest absolute Gasteiger partial charge is 0.260 e. The molecule has 138 valence electrons. The Morgan fingerprint density at radius 2 is 2.11 bits per heavy atom. The van der Waals surface area contributed by atoms with Crippen LogP contribution in [0.5, 0.6) is 0 Å². The molecule has 0 radical (unpaired) electrons. The van der Waals surface area contributed by atoms with E-state index < -0.39 is 5.82 Å². The Labute approximate surface area is 165 Å². The number of benzene rings is 1. The van der Waals surface area contributed by atoms with E-state index in [1.807, 2.05) is 4.90 Å². The molecule has 3 nitrogen and oxygen atoms in total. The molecule has 6 heteroatoms. The number of aromatic amines is 1. The van der Waals surface area contributed by atoms with Crippen molar-refractivity contribution < 1.29 is 9.18 Å². The summed E-state index contributed by atoms with van der Waals surface area (Å²) in [5, 5.41) is 0.334. The maximum atomic E-state index is 14.3. The molecule has 0 spiro atoms. The van der Waals surface area contributed by atoms with E-state index in [9.17, 15) is 9.18 Å². The van der Waals surface area contributed by atoms with Gasteiger partial charge in [-0.2, -0.15) is 0 Å². The van der Waals surface area contributed by atoms with Crippen LogP contribution in [-0.4, -0.2) is 17.4 Å². The van der Waals surface area contributed by atoms with Crippen LogP contribution in [0.15, 0.2) is 30.3 Å². The number of aryl methyl sites for hydroxylation is 1. The molecule has 0 unspecified atom stereocenters. The lowest BCUT2D eigenvalue weighted by atomic mass is 10.1. The minimum Gasteiger partial charge on any atom is -0.358 e. The van der Waals surface area contributed by atoms with Crippen LogP contribution in [0.3, 0.4) is 0 Å². The van der Waals surface area contributed by atoms with Gasteiger partial charge < -0.3 is 9.88 Å². The highest BCUT2D eigenvalue weighted by Gasteiger charge is 2.32. The van der Waals surface area contributed by atoms with E-state index in [0.717, 1.165) is 11.4 Å². The highest BCUT2D eigenvalue weighted by atomic mass is 35.5. The highest BCUT2D eigenvalue weighted by molar-refractivity contribution is 7.12. The van der Waals surface area contributed by atoms with Crippen molar-refractivity contribution >= 4 is 34.5 Å². The van der Waals surface area contributed by atoms with E-state index in [0.29, 0.717) is 40.7 Å². The Hall–Kier alpha value is -2.11. The van der Waals surface area contributed by atoms with Crippen LogP contribution >= 0.6 is 22.9 Å². The molecule has 27 heavy (non-hydrogen) atoms. The molecule has 1 fully saturated rings. The number of hydrogen-bond donors (Lipinski definition) is 1. The molecular formula is C21H18ClFN2OS. The molecule has 3 aromatic rings. The van der Waals surface area contributed by atoms with Gasteiger partial charge >= 0.3 is 0 Å². The molecule has 1 saturated carbocycles. The Bertz CT molecular complexity index is 1050. The molecule has 0 atom stereocenters. The number of nitrogens with zero attached hydrogens (tertiary/aromatic N) is 1. The van der Waals surface area contributed by atoms with Crippen molar-refractivity contribution in [2.24, 2.45) is 0 Å². The van der Waals surface area contributed by atoms with Crippen LogP contribution in [0.1, 0.15) is 44.6 Å². The number of hydrogen-bond acceptors (Lipinski definition) is 2. The summed E-state index contributed by atoms with van der Waals surface area (Å²) >= 11 is 7.99. The van der Waals surface area contributed by atoms with Crippen molar-refractivity contribution in [2.45, 2.75) is 32.1 Å². The average molecular weight is 401 g/mol. The fraction of sp³-hybridized carbons (Fsp3) is 0.286. The summed E-state index contributed by atoms with van der Waals surface area (Å²) < 4.78 is 14.3. The number of thiophene rings is 1. The number of halogens is 2. The van der Waals surface area contributed by atoms with E-state index in [4.69, 9.17) is 11.6 Å². The van der Waals surface area contributed by atoms with Crippen molar-refractivity contribution in [3.05, 3.63) is 62.2 Å². The lowest BCUT2D eigenvalue weighted by molar-refractivity contribution is 0.0980. The lowest BCUT2D eigenvalue weighted by Crippen LogP contribution is -2.37. The van der Waals surface area contributed by atoms with Gasteiger partial charge in [-0.25, -0.2) is 4.39 Å². The van der Waals surface area contributed by atoms with Gasteiger partial charge in [0.2, 0.25) is 0 Å². The topological polar surface area (TPSA) is 36.1 Å².